The van der Waals surface area contributed by atoms with Gasteiger partial charge in [0.1, 0.15) is 5.82 Å². The Morgan fingerprint density at radius 3 is 2.50 bits per heavy atom. The van der Waals surface area contributed by atoms with Crippen molar-refractivity contribution in [2.45, 2.75) is 38.6 Å². The van der Waals surface area contributed by atoms with Crippen LogP contribution in [0.5, 0.6) is 0 Å². The van der Waals surface area contributed by atoms with Gasteiger partial charge in [0.25, 0.3) is 5.91 Å². The number of carbonyl (C=O) groups is 2. The second kappa shape index (κ2) is 7.05. The molecule has 28 heavy (non-hydrogen) atoms. The normalized spacial score (nSPS) is 14.7. The molecule has 2 N–H and O–H groups in total. The lowest BCUT2D eigenvalue weighted by Gasteiger charge is -2.16. The maximum absolute atomic E-state index is 12.7. The number of hydrogen-bond donors (Lipinski definition) is 2. The van der Waals surface area contributed by atoms with Crippen LogP contribution >= 0.6 is 15.9 Å². The molecule has 2 aromatic carbocycles. The monoisotopic (exact) mass is 440 g/mol. The van der Waals surface area contributed by atoms with Crippen molar-refractivity contribution in [1.82, 2.24) is 20.4 Å². The maximum atomic E-state index is 12.7. The van der Waals surface area contributed by atoms with Crippen molar-refractivity contribution in [3.8, 4) is 0 Å². The molecular formula is C21H21BrN4O2. The summed E-state index contributed by atoms with van der Waals surface area (Å²) in [5.74, 6) is 0.370. The molecule has 0 aliphatic heterocycles. The number of carbonyl (C=O) groups excluding carboxylic acids is 2. The van der Waals surface area contributed by atoms with Gasteiger partial charge >= 0.3 is 0 Å². The van der Waals surface area contributed by atoms with Crippen LogP contribution in [-0.4, -0.2) is 21.4 Å². The molecule has 3 aromatic rings. The molecule has 1 heterocycles. The van der Waals surface area contributed by atoms with E-state index in [1.807, 2.05) is 37.3 Å². The van der Waals surface area contributed by atoms with Gasteiger partial charge in [-0.1, -0.05) is 28.1 Å². The molecule has 1 saturated carbocycles. The van der Waals surface area contributed by atoms with Crippen LogP contribution in [0.25, 0.3) is 11.0 Å². The highest BCUT2D eigenvalue weighted by Gasteiger charge is 2.51. The molecule has 7 heteroatoms. The minimum atomic E-state index is -0.547. The van der Waals surface area contributed by atoms with Crippen molar-refractivity contribution < 1.29 is 9.59 Å². The number of nitrogens with one attached hydrogen (secondary N) is 2. The summed E-state index contributed by atoms with van der Waals surface area (Å²) in [5.41, 5.74) is 7.78. The third kappa shape index (κ3) is 3.20. The first-order valence-electron chi connectivity index (χ1n) is 9.28. The third-order valence-corrected chi connectivity index (χ3v) is 5.92. The van der Waals surface area contributed by atoms with Gasteiger partial charge in [0.2, 0.25) is 5.91 Å². The van der Waals surface area contributed by atoms with E-state index in [1.165, 1.54) is 0 Å². The predicted molar refractivity (Wildman–Crippen MR) is 111 cm³/mol. The van der Waals surface area contributed by atoms with Crippen molar-refractivity contribution in [2.24, 2.45) is 0 Å². The van der Waals surface area contributed by atoms with Crippen molar-refractivity contribution in [3.63, 3.8) is 0 Å². The number of benzene rings is 2. The summed E-state index contributed by atoms with van der Waals surface area (Å²) in [6, 6.07) is 13.1. The van der Waals surface area contributed by atoms with Gasteiger partial charge in [0.15, 0.2) is 0 Å². The van der Waals surface area contributed by atoms with Crippen molar-refractivity contribution in [1.29, 1.82) is 0 Å². The molecule has 0 bridgehead atoms. The van der Waals surface area contributed by atoms with Crippen LogP contribution in [-0.2, 0) is 16.8 Å². The second-order valence-corrected chi connectivity index (χ2v) is 8.02. The molecule has 1 fully saturated rings. The Hall–Kier alpha value is -2.67. The number of hydrazine groups is 1. The Labute approximate surface area is 171 Å². The molecule has 0 unspecified atom stereocenters. The zero-order valence-corrected chi connectivity index (χ0v) is 17.3. The lowest BCUT2D eigenvalue weighted by Crippen LogP contribution is -2.46. The summed E-state index contributed by atoms with van der Waals surface area (Å²) in [6.07, 6.45) is 1.55. The molecule has 0 spiro atoms. The Morgan fingerprint density at radius 1 is 1.14 bits per heavy atom. The van der Waals surface area contributed by atoms with E-state index in [4.69, 9.17) is 0 Å². The molecule has 0 saturated heterocycles. The number of halogens is 1. The maximum Gasteiger partial charge on any atom is 0.269 e. The van der Waals surface area contributed by atoms with Crippen LogP contribution in [0.4, 0.5) is 0 Å². The highest BCUT2D eigenvalue weighted by Crippen LogP contribution is 2.48. The summed E-state index contributed by atoms with van der Waals surface area (Å²) in [5, 5.41) is 0. The van der Waals surface area contributed by atoms with Crippen molar-refractivity contribution in [2.75, 3.05) is 0 Å². The van der Waals surface area contributed by atoms with Crippen LogP contribution < -0.4 is 10.9 Å². The Bertz CT molecular complexity index is 1070. The fraction of sp³-hybridized carbons (Fsp3) is 0.286. The molecule has 0 radical (unpaired) electrons. The summed E-state index contributed by atoms with van der Waals surface area (Å²) in [4.78, 5) is 29.7. The third-order valence-electron chi connectivity index (χ3n) is 5.39. The van der Waals surface area contributed by atoms with Gasteiger partial charge < -0.3 is 4.57 Å². The van der Waals surface area contributed by atoms with Crippen LogP contribution in [0.2, 0.25) is 0 Å². The zero-order valence-electron chi connectivity index (χ0n) is 15.8. The Morgan fingerprint density at radius 2 is 1.86 bits per heavy atom. The standard InChI is InChI=1S/C21H21BrN4O2/c1-3-26-13(2)23-17-12-14(4-9-18(17)26)19(27)24-25-20(28)21(10-11-21)15-5-7-16(22)8-6-15/h4-9,12H,3,10-11H2,1-2H3,(H,24,27)(H,25,28). The first-order valence-corrected chi connectivity index (χ1v) is 10.1. The number of aromatic nitrogens is 2. The van der Waals surface area contributed by atoms with E-state index in [-0.39, 0.29) is 11.8 Å². The van der Waals surface area contributed by atoms with Gasteiger partial charge in [-0.05, 0) is 62.6 Å². The van der Waals surface area contributed by atoms with Crippen molar-refractivity contribution >= 4 is 38.8 Å². The Kier molecular flexibility index (Phi) is 4.71. The van der Waals surface area contributed by atoms with Gasteiger partial charge in [0, 0.05) is 16.6 Å². The number of amides is 2. The quantitative estimate of drug-likeness (QED) is 0.608. The molecule has 4 rings (SSSR count). The smallest absolute Gasteiger partial charge is 0.269 e. The highest BCUT2D eigenvalue weighted by atomic mass is 79.9. The van der Waals surface area contributed by atoms with E-state index < -0.39 is 5.41 Å². The van der Waals surface area contributed by atoms with Gasteiger partial charge in [-0.25, -0.2) is 4.98 Å². The van der Waals surface area contributed by atoms with E-state index in [9.17, 15) is 9.59 Å². The van der Waals surface area contributed by atoms with E-state index in [0.29, 0.717) is 5.56 Å². The van der Waals surface area contributed by atoms with Crippen LogP contribution in [0.3, 0.4) is 0 Å². The number of nitrogens with zero attached hydrogens (tertiary/aromatic N) is 2. The topological polar surface area (TPSA) is 76.0 Å². The molecule has 1 aliphatic rings. The number of fused-ring (bicyclic) bond motifs is 1. The molecule has 1 aliphatic carbocycles. The van der Waals surface area contributed by atoms with E-state index >= 15 is 0 Å². The molecule has 6 nitrogen and oxygen atoms in total. The van der Waals surface area contributed by atoms with Crippen LogP contribution in [0.1, 0.15) is 41.5 Å². The van der Waals surface area contributed by atoms with Gasteiger partial charge in [-0.3, -0.25) is 20.4 Å². The summed E-state index contributed by atoms with van der Waals surface area (Å²) in [7, 11) is 0. The van der Waals surface area contributed by atoms with E-state index in [2.05, 4.69) is 43.3 Å². The number of hydrogen-bond acceptors (Lipinski definition) is 3. The van der Waals surface area contributed by atoms with Gasteiger partial charge in [0.05, 0.1) is 16.4 Å². The minimum absolute atomic E-state index is 0.185. The summed E-state index contributed by atoms with van der Waals surface area (Å²) < 4.78 is 3.06. The van der Waals surface area contributed by atoms with Crippen LogP contribution in [0, 0.1) is 6.92 Å². The lowest BCUT2D eigenvalue weighted by molar-refractivity contribution is -0.124. The fourth-order valence-electron chi connectivity index (χ4n) is 3.64. The summed E-state index contributed by atoms with van der Waals surface area (Å²) in [6.45, 7) is 4.83. The average Bonchev–Trinajstić information content (AvgIpc) is 3.43. The van der Waals surface area contributed by atoms with Crippen molar-refractivity contribution in [3.05, 3.63) is 63.9 Å². The molecule has 0 atom stereocenters. The largest absolute Gasteiger partial charge is 0.329 e. The molecular weight excluding hydrogens is 420 g/mol. The second-order valence-electron chi connectivity index (χ2n) is 7.10. The molecule has 2 amide bonds. The van der Waals surface area contributed by atoms with Crippen LogP contribution in [0.15, 0.2) is 46.9 Å². The van der Waals surface area contributed by atoms with E-state index in [0.717, 1.165) is 46.3 Å². The SMILES string of the molecule is CCn1c(C)nc2cc(C(=O)NNC(=O)C3(c4ccc(Br)cc4)CC3)ccc21. The minimum Gasteiger partial charge on any atom is -0.329 e. The summed E-state index contributed by atoms with van der Waals surface area (Å²) >= 11 is 3.41. The first kappa shape index (κ1) is 18.7. The number of rotatable bonds is 4. The molecule has 1 aromatic heterocycles. The zero-order chi connectivity index (χ0) is 19.9. The predicted octanol–water partition coefficient (Wildman–Crippen LogP) is 3.62. The van der Waals surface area contributed by atoms with E-state index in [1.54, 1.807) is 12.1 Å². The van der Waals surface area contributed by atoms with Gasteiger partial charge in [-0.2, -0.15) is 0 Å². The highest BCUT2D eigenvalue weighted by molar-refractivity contribution is 9.10. The van der Waals surface area contributed by atoms with Gasteiger partial charge in [-0.15, -0.1) is 0 Å². The lowest BCUT2D eigenvalue weighted by atomic mass is 9.95. The number of imidazole rings is 1. The fourth-order valence-corrected chi connectivity index (χ4v) is 3.90. The number of aryl methyl sites for hydroxylation is 2. The Balaban J connectivity index is 1.46. The average molecular weight is 441 g/mol. The molecule has 144 valence electrons. The first-order chi connectivity index (χ1) is 13.4.